The van der Waals surface area contributed by atoms with E-state index in [1.807, 2.05) is 6.92 Å². The topological polar surface area (TPSA) is 44.9 Å². The van der Waals surface area contributed by atoms with Gasteiger partial charge in [0, 0.05) is 25.7 Å². The fourth-order valence-corrected chi connectivity index (χ4v) is 2.15. The van der Waals surface area contributed by atoms with Crippen LogP contribution < -0.4 is 5.73 Å². The zero-order valence-electron chi connectivity index (χ0n) is 10.2. The van der Waals surface area contributed by atoms with Crippen molar-refractivity contribution in [2.24, 2.45) is 10.7 Å². The van der Waals surface area contributed by atoms with E-state index in [0.29, 0.717) is 6.04 Å². The van der Waals surface area contributed by atoms with Gasteiger partial charge in [-0.3, -0.25) is 4.99 Å². The molecule has 1 atom stereocenters. The quantitative estimate of drug-likeness (QED) is 0.542. The molecule has 1 aliphatic rings. The van der Waals surface area contributed by atoms with Crippen LogP contribution in [0.4, 0.5) is 0 Å². The Balaban J connectivity index is 2.70. The molecule has 0 aliphatic carbocycles. The largest absolute Gasteiger partial charge is 0.370 e. The average molecular weight is 212 g/mol. The van der Waals surface area contributed by atoms with Gasteiger partial charge in [0.05, 0.1) is 0 Å². The van der Waals surface area contributed by atoms with E-state index >= 15 is 0 Å². The van der Waals surface area contributed by atoms with Crippen molar-refractivity contribution in [3.05, 3.63) is 0 Å². The summed E-state index contributed by atoms with van der Waals surface area (Å²) >= 11 is 0. The zero-order valence-corrected chi connectivity index (χ0v) is 10.2. The SMILES string of the molecule is CCN=C(N)N1CCCN(C)CC1CC. The number of hydrogen-bond acceptors (Lipinski definition) is 2. The van der Waals surface area contributed by atoms with Gasteiger partial charge in [0.25, 0.3) is 0 Å². The highest BCUT2D eigenvalue weighted by atomic mass is 15.3. The van der Waals surface area contributed by atoms with Crippen molar-refractivity contribution in [1.82, 2.24) is 9.80 Å². The van der Waals surface area contributed by atoms with Crippen LogP contribution in [-0.4, -0.2) is 55.0 Å². The molecule has 1 saturated heterocycles. The van der Waals surface area contributed by atoms with Crippen LogP contribution in [0, 0.1) is 0 Å². The summed E-state index contributed by atoms with van der Waals surface area (Å²) in [6.45, 7) is 8.31. The summed E-state index contributed by atoms with van der Waals surface area (Å²) in [5.41, 5.74) is 6.00. The third-order valence-corrected chi connectivity index (χ3v) is 2.99. The summed E-state index contributed by atoms with van der Waals surface area (Å²) < 4.78 is 0. The van der Waals surface area contributed by atoms with Crippen LogP contribution >= 0.6 is 0 Å². The highest BCUT2D eigenvalue weighted by Crippen LogP contribution is 2.11. The van der Waals surface area contributed by atoms with Gasteiger partial charge in [0.1, 0.15) is 0 Å². The fraction of sp³-hybridized carbons (Fsp3) is 0.909. The summed E-state index contributed by atoms with van der Waals surface area (Å²) in [6.07, 6.45) is 2.30. The number of nitrogens with zero attached hydrogens (tertiary/aromatic N) is 3. The molecule has 0 saturated carbocycles. The van der Waals surface area contributed by atoms with Gasteiger partial charge in [-0.2, -0.15) is 0 Å². The first-order valence-corrected chi connectivity index (χ1v) is 5.94. The Morgan fingerprint density at radius 2 is 2.13 bits per heavy atom. The Kier molecular flexibility index (Phi) is 4.88. The van der Waals surface area contributed by atoms with Gasteiger partial charge in [0.15, 0.2) is 5.96 Å². The highest BCUT2D eigenvalue weighted by Gasteiger charge is 2.22. The Labute approximate surface area is 93.1 Å². The highest BCUT2D eigenvalue weighted by molar-refractivity contribution is 5.78. The number of aliphatic imine (C=N–C) groups is 1. The Hall–Kier alpha value is -0.770. The first-order valence-electron chi connectivity index (χ1n) is 5.94. The lowest BCUT2D eigenvalue weighted by Gasteiger charge is -2.31. The van der Waals surface area contributed by atoms with E-state index in [0.717, 1.165) is 38.6 Å². The first kappa shape index (κ1) is 12.3. The Morgan fingerprint density at radius 1 is 1.40 bits per heavy atom. The molecule has 0 radical (unpaired) electrons. The van der Waals surface area contributed by atoms with Crippen molar-refractivity contribution < 1.29 is 0 Å². The van der Waals surface area contributed by atoms with Crippen molar-refractivity contribution >= 4 is 5.96 Å². The molecule has 0 aromatic carbocycles. The van der Waals surface area contributed by atoms with Crippen molar-refractivity contribution in [2.75, 3.05) is 33.2 Å². The smallest absolute Gasteiger partial charge is 0.191 e. The van der Waals surface area contributed by atoms with Crippen molar-refractivity contribution in [1.29, 1.82) is 0 Å². The third-order valence-electron chi connectivity index (χ3n) is 2.99. The molecular weight excluding hydrogens is 188 g/mol. The molecule has 0 aromatic heterocycles. The van der Waals surface area contributed by atoms with Crippen LogP contribution in [0.2, 0.25) is 0 Å². The minimum atomic E-state index is 0.521. The number of nitrogens with two attached hydrogens (primary N) is 1. The molecule has 2 N–H and O–H groups in total. The van der Waals surface area contributed by atoms with E-state index in [9.17, 15) is 0 Å². The third kappa shape index (κ3) is 3.38. The Morgan fingerprint density at radius 3 is 2.73 bits per heavy atom. The van der Waals surface area contributed by atoms with Crippen LogP contribution in [-0.2, 0) is 0 Å². The average Bonchev–Trinajstić information content (AvgIpc) is 2.39. The molecule has 0 aromatic rings. The van der Waals surface area contributed by atoms with E-state index in [2.05, 4.69) is 28.8 Å². The van der Waals surface area contributed by atoms with E-state index in [-0.39, 0.29) is 0 Å². The maximum absolute atomic E-state index is 6.00. The summed E-state index contributed by atoms with van der Waals surface area (Å²) in [6, 6.07) is 0.521. The molecule has 0 spiro atoms. The van der Waals surface area contributed by atoms with Gasteiger partial charge in [0.2, 0.25) is 0 Å². The van der Waals surface area contributed by atoms with Gasteiger partial charge in [-0.25, -0.2) is 0 Å². The monoisotopic (exact) mass is 212 g/mol. The number of guanidine groups is 1. The molecule has 15 heavy (non-hydrogen) atoms. The molecule has 1 rings (SSSR count). The van der Waals surface area contributed by atoms with E-state index < -0.39 is 0 Å². The second kappa shape index (κ2) is 5.95. The standard InChI is InChI=1S/C11H24N4/c1-4-10-9-14(3)7-6-8-15(10)11(12)13-5-2/h10H,4-9H2,1-3H3,(H2,12,13). The molecule has 88 valence electrons. The second-order valence-electron chi connectivity index (χ2n) is 4.20. The molecular formula is C11H24N4. The molecule has 1 aliphatic heterocycles. The van der Waals surface area contributed by atoms with Gasteiger partial charge >= 0.3 is 0 Å². The number of rotatable bonds is 2. The maximum Gasteiger partial charge on any atom is 0.191 e. The van der Waals surface area contributed by atoms with Crippen LogP contribution in [0.1, 0.15) is 26.7 Å². The summed E-state index contributed by atoms with van der Waals surface area (Å²) in [5, 5.41) is 0. The molecule has 0 amide bonds. The molecule has 4 heteroatoms. The molecule has 1 heterocycles. The second-order valence-corrected chi connectivity index (χ2v) is 4.20. The summed E-state index contributed by atoms with van der Waals surface area (Å²) in [5.74, 6) is 0.722. The van der Waals surface area contributed by atoms with Gasteiger partial charge in [-0.15, -0.1) is 0 Å². The number of hydrogen-bond donors (Lipinski definition) is 1. The minimum absolute atomic E-state index is 0.521. The minimum Gasteiger partial charge on any atom is -0.370 e. The molecule has 4 nitrogen and oxygen atoms in total. The first-order chi connectivity index (χ1) is 7.19. The molecule has 0 bridgehead atoms. The summed E-state index contributed by atoms with van der Waals surface area (Å²) in [7, 11) is 2.18. The van der Waals surface area contributed by atoms with Crippen LogP contribution in [0.5, 0.6) is 0 Å². The maximum atomic E-state index is 6.00. The fourth-order valence-electron chi connectivity index (χ4n) is 2.15. The Bertz CT molecular complexity index is 215. The van der Waals surface area contributed by atoms with Crippen molar-refractivity contribution in [3.8, 4) is 0 Å². The normalized spacial score (nSPS) is 25.4. The predicted molar refractivity (Wildman–Crippen MR) is 65.1 cm³/mol. The van der Waals surface area contributed by atoms with Gasteiger partial charge in [-0.05, 0) is 33.4 Å². The molecule has 1 fully saturated rings. The van der Waals surface area contributed by atoms with Crippen LogP contribution in [0.3, 0.4) is 0 Å². The lowest BCUT2D eigenvalue weighted by Crippen LogP contribution is -2.47. The zero-order chi connectivity index (χ0) is 11.3. The van der Waals surface area contributed by atoms with E-state index in [1.165, 1.54) is 6.42 Å². The lowest BCUT2D eigenvalue weighted by molar-refractivity contribution is 0.262. The predicted octanol–water partition coefficient (Wildman–Crippen LogP) is 0.737. The van der Waals surface area contributed by atoms with E-state index in [1.54, 1.807) is 0 Å². The number of likely N-dealkylation sites (N-methyl/N-ethyl adjacent to an activating group) is 1. The van der Waals surface area contributed by atoms with Crippen LogP contribution in [0.25, 0.3) is 0 Å². The van der Waals surface area contributed by atoms with Gasteiger partial charge < -0.3 is 15.5 Å². The van der Waals surface area contributed by atoms with Crippen LogP contribution in [0.15, 0.2) is 4.99 Å². The molecule has 1 unspecified atom stereocenters. The van der Waals surface area contributed by atoms with Gasteiger partial charge in [-0.1, -0.05) is 6.92 Å². The summed E-state index contributed by atoms with van der Waals surface area (Å²) in [4.78, 5) is 8.97. The lowest BCUT2D eigenvalue weighted by atomic mass is 10.2. The van der Waals surface area contributed by atoms with Crippen molar-refractivity contribution in [3.63, 3.8) is 0 Å². The van der Waals surface area contributed by atoms with E-state index in [4.69, 9.17) is 5.73 Å². The van der Waals surface area contributed by atoms with Crippen molar-refractivity contribution in [2.45, 2.75) is 32.7 Å².